The number of hydrogen-bond acceptors (Lipinski definition) is 7. The third-order valence-electron chi connectivity index (χ3n) is 3.65. The molecule has 28 heavy (non-hydrogen) atoms. The minimum absolute atomic E-state index is 0.141. The second-order valence-corrected chi connectivity index (χ2v) is 9.87. The van der Waals surface area contributed by atoms with E-state index in [2.05, 4.69) is 14.4 Å². The summed E-state index contributed by atoms with van der Waals surface area (Å²) in [6.07, 6.45) is 0. The van der Waals surface area contributed by atoms with Crippen LogP contribution in [0.1, 0.15) is 5.69 Å². The van der Waals surface area contributed by atoms with Crippen molar-refractivity contribution in [2.75, 3.05) is 11.8 Å². The van der Waals surface area contributed by atoms with Crippen LogP contribution in [0.4, 0.5) is 5.69 Å². The van der Waals surface area contributed by atoms with Crippen LogP contribution in [0.15, 0.2) is 69.2 Å². The third kappa shape index (κ3) is 4.87. The van der Waals surface area contributed by atoms with Crippen LogP contribution >= 0.6 is 11.3 Å². The Kier molecular flexibility index (Phi) is 5.98. The Morgan fingerprint density at radius 1 is 1.00 bits per heavy atom. The first-order chi connectivity index (χ1) is 13.3. The molecule has 0 aliphatic rings. The van der Waals surface area contributed by atoms with Crippen LogP contribution in [0.3, 0.4) is 0 Å². The van der Waals surface area contributed by atoms with E-state index in [1.807, 2.05) is 5.38 Å². The fourth-order valence-electron chi connectivity index (χ4n) is 2.26. The largest absolute Gasteiger partial charge is 0.487 e. The molecule has 2 aromatic carbocycles. The van der Waals surface area contributed by atoms with Gasteiger partial charge in [0, 0.05) is 11.4 Å². The Bertz CT molecular complexity index is 1160. The Hall–Kier alpha value is -2.47. The fourth-order valence-corrected chi connectivity index (χ4v) is 4.74. The van der Waals surface area contributed by atoms with E-state index >= 15 is 0 Å². The molecule has 3 aromatic rings. The number of thiazole rings is 1. The monoisotopic (exact) mass is 439 g/mol. The van der Waals surface area contributed by atoms with Crippen molar-refractivity contribution in [1.82, 2.24) is 9.71 Å². The summed E-state index contributed by atoms with van der Waals surface area (Å²) in [4.78, 5) is 3.81. The van der Waals surface area contributed by atoms with Gasteiger partial charge in [0.05, 0.1) is 26.7 Å². The minimum Gasteiger partial charge on any atom is -0.487 e. The number of anilines is 1. The summed E-state index contributed by atoms with van der Waals surface area (Å²) in [6.45, 7) is 0.267. The van der Waals surface area contributed by atoms with E-state index in [0.29, 0.717) is 5.75 Å². The Labute approximate surface area is 167 Å². The van der Waals surface area contributed by atoms with Crippen molar-refractivity contribution >= 4 is 37.1 Å². The molecule has 2 N–H and O–H groups in total. The van der Waals surface area contributed by atoms with Crippen LogP contribution in [0.5, 0.6) is 5.75 Å². The van der Waals surface area contributed by atoms with Gasteiger partial charge in [-0.3, -0.25) is 4.72 Å². The number of nitrogens with one attached hydrogen (secondary N) is 2. The first-order valence-corrected chi connectivity index (χ1v) is 11.9. The van der Waals surface area contributed by atoms with Crippen molar-refractivity contribution in [3.8, 4) is 5.75 Å². The van der Waals surface area contributed by atoms with Gasteiger partial charge < -0.3 is 4.74 Å². The van der Waals surface area contributed by atoms with Gasteiger partial charge in [-0.2, -0.15) is 0 Å². The molecular weight excluding hydrogens is 422 g/mol. The first-order valence-electron chi connectivity index (χ1n) is 7.96. The van der Waals surface area contributed by atoms with Crippen molar-refractivity contribution in [2.45, 2.75) is 16.4 Å². The molecule has 0 amide bonds. The van der Waals surface area contributed by atoms with E-state index in [-0.39, 0.29) is 22.1 Å². The van der Waals surface area contributed by atoms with Gasteiger partial charge in [-0.25, -0.2) is 26.5 Å². The van der Waals surface area contributed by atoms with Crippen molar-refractivity contribution < 1.29 is 21.6 Å². The van der Waals surface area contributed by atoms with E-state index in [0.717, 1.165) is 11.8 Å². The van der Waals surface area contributed by atoms with Gasteiger partial charge in [-0.15, -0.1) is 11.3 Å². The highest BCUT2D eigenvalue weighted by molar-refractivity contribution is 7.93. The number of ether oxygens (including phenoxy) is 1. The van der Waals surface area contributed by atoms with Gasteiger partial charge in [0.1, 0.15) is 12.4 Å². The molecule has 0 spiro atoms. The van der Waals surface area contributed by atoms with Crippen LogP contribution in [0, 0.1) is 0 Å². The van der Waals surface area contributed by atoms with Crippen molar-refractivity contribution in [2.24, 2.45) is 0 Å². The highest BCUT2D eigenvalue weighted by Gasteiger charge is 2.19. The maximum atomic E-state index is 12.6. The number of aromatic nitrogens is 1. The summed E-state index contributed by atoms with van der Waals surface area (Å²) in [6, 6.07) is 11.6. The second-order valence-electron chi connectivity index (χ2n) is 5.58. The van der Waals surface area contributed by atoms with E-state index in [9.17, 15) is 16.8 Å². The molecule has 0 saturated carbocycles. The van der Waals surface area contributed by atoms with Crippen molar-refractivity contribution in [1.29, 1.82) is 0 Å². The smallest absolute Gasteiger partial charge is 0.261 e. The van der Waals surface area contributed by atoms with E-state index in [4.69, 9.17) is 4.74 Å². The average Bonchev–Trinajstić information content (AvgIpc) is 3.20. The van der Waals surface area contributed by atoms with Crippen LogP contribution in [-0.4, -0.2) is 28.9 Å². The average molecular weight is 440 g/mol. The molecule has 3 rings (SSSR count). The van der Waals surface area contributed by atoms with Gasteiger partial charge in [-0.05, 0) is 37.4 Å². The summed E-state index contributed by atoms with van der Waals surface area (Å²) in [5, 5.41) is 1.86. The van der Waals surface area contributed by atoms with Crippen molar-refractivity contribution in [3.63, 3.8) is 0 Å². The van der Waals surface area contributed by atoms with Crippen LogP contribution in [-0.2, 0) is 26.7 Å². The number of nitrogens with zero attached hydrogens (tertiary/aromatic N) is 1. The highest BCUT2D eigenvalue weighted by Crippen LogP contribution is 2.23. The lowest BCUT2D eigenvalue weighted by Crippen LogP contribution is -2.19. The van der Waals surface area contributed by atoms with Gasteiger partial charge >= 0.3 is 0 Å². The molecule has 1 heterocycles. The van der Waals surface area contributed by atoms with Crippen LogP contribution < -0.4 is 14.2 Å². The lowest BCUT2D eigenvalue weighted by molar-refractivity contribution is 0.302. The zero-order valence-corrected chi connectivity index (χ0v) is 17.1. The van der Waals surface area contributed by atoms with Crippen molar-refractivity contribution in [3.05, 3.63) is 65.1 Å². The van der Waals surface area contributed by atoms with E-state index in [1.165, 1.54) is 42.6 Å². The standard InChI is InChI=1S/C17H17N3O5S3/c1-18-27(21,22)16-6-3-7-17(9-16)28(23,24)20-13-4-2-5-15(8-13)25-10-14-11-26-12-19-14/h2-9,11-12,18,20H,10H2,1H3. The summed E-state index contributed by atoms with van der Waals surface area (Å²) in [5.41, 5.74) is 2.77. The predicted molar refractivity (Wildman–Crippen MR) is 106 cm³/mol. The number of benzene rings is 2. The molecular formula is C17H17N3O5S3. The number of hydrogen-bond donors (Lipinski definition) is 2. The number of rotatable bonds is 8. The third-order valence-corrected chi connectivity index (χ3v) is 7.08. The van der Waals surface area contributed by atoms with Gasteiger partial charge in [0.25, 0.3) is 10.0 Å². The molecule has 0 fully saturated rings. The molecule has 11 heteroatoms. The predicted octanol–water partition coefficient (Wildman–Crippen LogP) is 2.43. The quantitative estimate of drug-likeness (QED) is 0.557. The minimum atomic E-state index is -3.99. The van der Waals surface area contributed by atoms with Gasteiger partial charge in [0.2, 0.25) is 10.0 Å². The zero-order valence-electron chi connectivity index (χ0n) is 14.7. The molecule has 0 bridgehead atoms. The SMILES string of the molecule is CNS(=O)(=O)c1cccc(S(=O)(=O)Nc2cccc(OCc3cscn3)c2)c1. The normalized spacial score (nSPS) is 11.9. The Morgan fingerprint density at radius 3 is 2.39 bits per heavy atom. The summed E-state index contributed by atoms with van der Waals surface area (Å²) in [7, 11) is -6.49. The molecule has 1 aromatic heterocycles. The molecule has 0 atom stereocenters. The summed E-state index contributed by atoms with van der Waals surface area (Å²) < 4.78 is 59.3. The van der Waals surface area contributed by atoms with Crippen LogP contribution in [0.25, 0.3) is 0 Å². The fraction of sp³-hybridized carbons (Fsp3) is 0.118. The van der Waals surface area contributed by atoms with Crippen LogP contribution in [0.2, 0.25) is 0 Å². The van der Waals surface area contributed by atoms with Gasteiger partial charge in [-0.1, -0.05) is 12.1 Å². The lowest BCUT2D eigenvalue weighted by Gasteiger charge is -2.11. The molecule has 0 aliphatic carbocycles. The molecule has 0 unspecified atom stereocenters. The Morgan fingerprint density at radius 2 is 1.71 bits per heavy atom. The summed E-state index contributed by atoms with van der Waals surface area (Å²) in [5.74, 6) is 0.472. The first kappa shape index (κ1) is 20.3. The molecule has 8 nitrogen and oxygen atoms in total. The number of sulfonamides is 2. The lowest BCUT2D eigenvalue weighted by atomic mass is 10.3. The Balaban J connectivity index is 1.79. The summed E-state index contributed by atoms with van der Waals surface area (Å²) >= 11 is 1.46. The highest BCUT2D eigenvalue weighted by atomic mass is 32.2. The van der Waals surface area contributed by atoms with E-state index in [1.54, 1.807) is 23.7 Å². The molecule has 0 aliphatic heterocycles. The van der Waals surface area contributed by atoms with Gasteiger partial charge in [0.15, 0.2) is 0 Å². The molecule has 0 saturated heterocycles. The van der Waals surface area contributed by atoms with E-state index < -0.39 is 20.0 Å². The molecule has 148 valence electrons. The maximum absolute atomic E-state index is 12.6. The topological polar surface area (TPSA) is 114 Å². The zero-order chi connectivity index (χ0) is 20.2. The maximum Gasteiger partial charge on any atom is 0.261 e. The second kappa shape index (κ2) is 8.27. The molecule has 0 radical (unpaired) electrons.